The number of aryl methyl sites for hydroxylation is 1. The quantitative estimate of drug-likeness (QED) is 0.182. The number of anilines is 1. The average molecular weight is 492 g/mol. The Kier molecular flexibility index (Phi) is 8.08. The van der Waals surface area contributed by atoms with E-state index in [0.717, 1.165) is 5.56 Å². The van der Waals surface area contributed by atoms with E-state index in [1.165, 1.54) is 25.3 Å². The second-order valence-electron chi connectivity index (χ2n) is 6.06. The Bertz CT molecular complexity index is 969. The molecule has 2 aromatic rings. The molecule has 0 heterocycles. The first-order valence-electron chi connectivity index (χ1n) is 8.35. The largest absolute Gasteiger partial charge is 0.495 e. The molecule has 0 bridgehead atoms. The van der Waals surface area contributed by atoms with Gasteiger partial charge in [-0.25, -0.2) is 0 Å². The zero-order chi connectivity index (χ0) is 22.5. The van der Waals surface area contributed by atoms with Gasteiger partial charge in [-0.2, -0.15) is 0 Å². The highest BCUT2D eigenvalue weighted by Crippen LogP contribution is 2.31. The summed E-state index contributed by atoms with van der Waals surface area (Å²) in [6, 6.07) is 10.8. The Labute approximate surface area is 193 Å². The molecule has 2 aromatic carbocycles. The van der Waals surface area contributed by atoms with Gasteiger partial charge >= 0.3 is 0 Å². The molecule has 0 aliphatic carbocycles. The summed E-state index contributed by atoms with van der Waals surface area (Å²) in [4.78, 5) is 23.0. The van der Waals surface area contributed by atoms with E-state index in [4.69, 9.17) is 51.8 Å². The van der Waals surface area contributed by atoms with Crippen LogP contribution in [0, 0.1) is 17.0 Å². The molecule has 1 unspecified atom stereocenters. The normalized spacial score (nSPS) is 11.9. The smallest absolute Gasteiger partial charge is 0.271 e. The number of nitro groups is 1. The molecule has 1 atom stereocenters. The van der Waals surface area contributed by atoms with Gasteiger partial charge in [0.2, 0.25) is 3.79 Å². The van der Waals surface area contributed by atoms with E-state index < -0.39 is 20.8 Å². The summed E-state index contributed by atoms with van der Waals surface area (Å²) < 4.78 is 3.21. The molecule has 3 N–H and O–H groups in total. The second kappa shape index (κ2) is 10.1. The predicted octanol–water partition coefficient (Wildman–Crippen LogP) is 4.32. The first-order valence-corrected chi connectivity index (χ1v) is 9.89. The molecular formula is C18H17Cl3N4O4S. The number of amides is 1. The Morgan fingerprint density at radius 2 is 1.90 bits per heavy atom. The number of nitrogens with zero attached hydrogens (tertiary/aromatic N) is 1. The van der Waals surface area contributed by atoms with Crippen molar-refractivity contribution in [3.05, 3.63) is 63.7 Å². The van der Waals surface area contributed by atoms with Gasteiger partial charge in [-0.1, -0.05) is 52.5 Å². The van der Waals surface area contributed by atoms with Crippen LogP contribution in [0.4, 0.5) is 11.4 Å². The maximum atomic E-state index is 12.5. The van der Waals surface area contributed by atoms with Gasteiger partial charge in [0.1, 0.15) is 11.9 Å². The van der Waals surface area contributed by atoms with Crippen LogP contribution in [0.5, 0.6) is 5.75 Å². The topological polar surface area (TPSA) is 106 Å². The third-order valence-corrected chi connectivity index (χ3v) is 4.68. The molecule has 0 aliphatic rings. The molecule has 1 amide bonds. The van der Waals surface area contributed by atoms with Crippen molar-refractivity contribution in [2.75, 3.05) is 12.4 Å². The van der Waals surface area contributed by atoms with E-state index in [1.54, 1.807) is 18.2 Å². The monoisotopic (exact) mass is 490 g/mol. The van der Waals surface area contributed by atoms with Gasteiger partial charge in [0, 0.05) is 17.7 Å². The minimum atomic E-state index is -1.96. The van der Waals surface area contributed by atoms with Crippen molar-refractivity contribution < 1.29 is 14.5 Å². The maximum Gasteiger partial charge on any atom is 0.271 e. The van der Waals surface area contributed by atoms with Crippen LogP contribution in [-0.4, -0.2) is 33.0 Å². The van der Waals surface area contributed by atoms with Crippen molar-refractivity contribution in [3.8, 4) is 5.75 Å². The fraction of sp³-hybridized carbons (Fsp3) is 0.222. The average Bonchev–Trinajstić information content (AvgIpc) is 2.66. The summed E-state index contributed by atoms with van der Waals surface area (Å²) in [6.45, 7) is 1.84. The van der Waals surface area contributed by atoms with Crippen LogP contribution in [0.15, 0.2) is 42.5 Å². The zero-order valence-corrected chi connectivity index (χ0v) is 18.8. The number of benzene rings is 2. The number of methoxy groups -OCH3 is 1. The molecule has 0 radical (unpaired) electrons. The van der Waals surface area contributed by atoms with Gasteiger partial charge in [-0.3, -0.25) is 14.9 Å². The summed E-state index contributed by atoms with van der Waals surface area (Å²) in [5.41, 5.74) is 1.30. The number of nitrogens with one attached hydrogen (secondary N) is 3. The van der Waals surface area contributed by atoms with Crippen LogP contribution in [0.1, 0.15) is 15.9 Å². The molecule has 0 saturated heterocycles. The minimum Gasteiger partial charge on any atom is -0.495 e. The number of hydrogen-bond acceptors (Lipinski definition) is 5. The number of thiocarbonyl (C=S) groups is 1. The lowest BCUT2D eigenvalue weighted by molar-refractivity contribution is -0.384. The molecule has 12 heteroatoms. The number of nitro benzene ring substituents is 1. The Hall–Kier alpha value is -2.33. The highest BCUT2D eigenvalue weighted by molar-refractivity contribution is 7.80. The number of hydrogen-bond donors (Lipinski definition) is 3. The van der Waals surface area contributed by atoms with Gasteiger partial charge in [0.25, 0.3) is 11.6 Å². The van der Waals surface area contributed by atoms with Crippen molar-refractivity contribution in [3.63, 3.8) is 0 Å². The van der Waals surface area contributed by atoms with Crippen molar-refractivity contribution in [2.24, 2.45) is 0 Å². The molecule has 0 aromatic heterocycles. The van der Waals surface area contributed by atoms with Gasteiger partial charge in [0.05, 0.1) is 17.7 Å². The first kappa shape index (κ1) is 23.9. The summed E-state index contributed by atoms with van der Waals surface area (Å²) in [5, 5.41) is 19.0. The molecule has 0 fully saturated rings. The van der Waals surface area contributed by atoms with E-state index >= 15 is 0 Å². The predicted molar refractivity (Wildman–Crippen MR) is 122 cm³/mol. The minimum absolute atomic E-state index is 0.0605. The number of rotatable bonds is 6. The van der Waals surface area contributed by atoms with Gasteiger partial charge in [0.15, 0.2) is 5.11 Å². The number of alkyl halides is 3. The van der Waals surface area contributed by atoms with Gasteiger partial charge < -0.3 is 20.7 Å². The lowest BCUT2D eigenvalue weighted by Gasteiger charge is -2.28. The first-order chi connectivity index (χ1) is 14.0. The van der Waals surface area contributed by atoms with E-state index in [9.17, 15) is 14.9 Å². The summed E-state index contributed by atoms with van der Waals surface area (Å²) >= 11 is 23.2. The SMILES string of the molecule is COc1ccc([N+](=O)[O-])cc1NC(=S)NC(NC(=O)c1cccc(C)c1)C(Cl)(Cl)Cl. The van der Waals surface area contributed by atoms with E-state index in [0.29, 0.717) is 11.3 Å². The number of ether oxygens (including phenoxy) is 1. The molecule has 160 valence electrons. The summed E-state index contributed by atoms with van der Waals surface area (Å²) in [5.74, 6) is -0.183. The third-order valence-electron chi connectivity index (χ3n) is 3.80. The second-order valence-corrected chi connectivity index (χ2v) is 8.83. The number of carbonyl (C=O) groups excluding carboxylic acids is 1. The Morgan fingerprint density at radius 1 is 1.20 bits per heavy atom. The number of carbonyl (C=O) groups is 1. The number of halogens is 3. The van der Waals surface area contributed by atoms with Crippen LogP contribution in [0.2, 0.25) is 0 Å². The lowest BCUT2D eigenvalue weighted by atomic mass is 10.1. The molecule has 8 nitrogen and oxygen atoms in total. The Morgan fingerprint density at radius 3 is 2.47 bits per heavy atom. The third kappa shape index (κ3) is 6.60. The maximum absolute atomic E-state index is 12.5. The Balaban J connectivity index is 2.17. The molecule has 0 saturated carbocycles. The fourth-order valence-electron chi connectivity index (χ4n) is 2.40. The highest BCUT2D eigenvalue weighted by Gasteiger charge is 2.35. The van der Waals surface area contributed by atoms with E-state index in [-0.39, 0.29) is 16.5 Å². The van der Waals surface area contributed by atoms with E-state index in [2.05, 4.69) is 16.0 Å². The van der Waals surface area contributed by atoms with Crippen LogP contribution in [-0.2, 0) is 0 Å². The highest BCUT2D eigenvalue weighted by atomic mass is 35.6. The standard InChI is InChI=1S/C18H17Cl3N4O4S/c1-10-4-3-5-11(8-10)15(26)23-16(18(19,20)21)24-17(30)22-13-9-12(25(27)28)6-7-14(13)29-2/h3-9,16H,1-2H3,(H,23,26)(H2,22,24,30). The molecular weight excluding hydrogens is 475 g/mol. The van der Waals surface area contributed by atoms with Crippen LogP contribution >= 0.6 is 47.0 Å². The molecule has 0 spiro atoms. The summed E-state index contributed by atoms with van der Waals surface area (Å²) in [6.07, 6.45) is -1.21. The van der Waals surface area contributed by atoms with Crippen molar-refractivity contribution in [1.29, 1.82) is 0 Å². The zero-order valence-electron chi connectivity index (χ0n) is 15.7. The lowest BCUT2D eigenvalue weighted by Crippen LogP contribution is -2.56. The van der Waals surface area contributed by atoms with Crippen molar-refractivity contribution in [1.82, 2.24) is 10.6 Å². The van der Waals surface area contributed by atoms with Crippen molar-refractivity contribution >= 4 is 69.4 Å². The molecule has 2 rings (SSSR count). The van der Waals surface area contributed by atoms with Crippen LogP contribution < -0.4 is 20.7 Å². The van der Waals surface area contributed by atoms with Crippen molar-refractivity contribution in [2.45, 2.75) is 16.9 Å². The molecule has 0 aliphatic heterocycles. The van der Waals surface area contributed by atoms with Gasteiger partial charge in [-0.05, 0) is 37.3 Å². The van der Waals surface area contributed by atoms with E-state index in [1.807, 2.05) is 13.0 Å². The van der Waals surface area contributed by atoms with Crippen LogP contribution in [0.3, 0.4) is 0 Å². The van der Waals surface area contributed by atoms with Gasteiger partial charge in [-0.15, -0.1) is 0 Å². The van der Waals surface area contributed by atoms with Crippen LogP contribution in [0.25, 0.3) is 0 Å². The fourth-order valence-corrected chi connectivity index (χ4v) is 2.95. The molecule has 30 heavy (non-hydrogen) atoms. The summed E-state index contributed by atoms with van der Waals surface area (Å²) in [7, 11) is 1.40. The number of non-ortho nitro benzene ring substituents is 1.